The quantitative estimate of drug-likeness (QED) is 0.454. The minimum absolute atomic E-state index is 0.0718. The second-order valence-corrected chi connectivity index (χ2v) is 14.2. The molecule has 0 aromatic heterocycles. The van der Waals surface area contributed by atoms with Crippen LogP contribution in [0.4, 0.5) is 0 Å². The lowest BCUT2D eigenvalue weighted by molar-refractivity contribution is 0.525. The minimum Gasteiger partial charge on any atom is -0.0579 e. The summed E-state index contributed by atoms with van der Waals surface area (Å²) >= 11 is 0. The standard InChI is InChI=1S/C31H48/c1-27(2,3)22-17-23(28(4,5)6)19-24(18-22)31(13,14)21-15-16-25(29(7,8)9)26(20-21)30(10,11)12/h15-20H,1-14H3. The maximum Gasteiger partial charge on any atom is 0.0146 e. The Hall–Kier alpha value is -1.56. The van der Waals surface area contributed by atoms with Crippen molar-refractivity contribution in [1.29, 1.82) is 0 Å². The second kappa shape index (κ2) is 7.79. The van der Waals surface area contributed by atoms with Gasteiger partial charge in [0.2, 0.25) is 0 Å². The summed E-state index contributed by atoms with van der Waals surface area (Å²) in [7, 11) is 0. The Balaban J connectivity index is 2.78. The van der Waals surface area contributed by atoms with Gasteiger partial charge in [-0.25, -0.2) is 0 Å². The van der Waals surface area contributed by atoms with Crippen molar-refractivity contribution in [3.05, 3.63) is 69.8 Å². The van der Waals surface area contributed by atoms with Crippen molar-refractivity contribution in [2.45, 2.75) is 124 Å². The molecule has 0 aliphatic rings. The maximum atomic E-state index is 2.49. The van der Waals surface area contributed by atoms with Gasteiger partial charge >= 0.3 is 0 Å². The van der Waals surface area contributed by atoms with Crippen molar-refractivity contribution in [3.8, 4) is 0 Å². The third-order valence-electron chi connectivity index (χ3n) is 6.74. The van der Waals surface area contributed by atoms with Gasteiger partial charge in [-0.15, -0.1) is 0 Å². The van der Waals surface area contributed by atoms with Gasteiger partial charge in [-0.3, -0.25) is 0 Å². The van der Waals surface area contributed by atoms with Crippen LogP contribution in [0.1, 0.15) is 130 Å². The van der Waals surface area contributed by atoms with Crippen molar-refractivity contribution >= 4 is 0 Å². The highest BCUT2D eigenvalue weighted by Gasteiger charge is 2.31. The highest BCUT2D eigenvalue weighted by molar-refractivity contribution is 5.49. The van der Waals surface area contributed by atoms with Crippen LogP contribution in [0.15, 0.2) is 36.4 Å². The first kappa shape index (κ1) is 25.7. The van der Waals surface area contributed by atoms with Crippen LogP contribution in [0.5, 0.6) is 0 Å². The fraction of sp³-hybridized carbons (Fsp3) is 0.613. The molecule has 0 nitrogen and oxygen atoms in total. The number of benzene rings is 2. The van der Waals surface area contributed by atoms with Crippen molar-refractivity contribution in [1.82, 2.24) is 0 Å². The molecule has 2 aromatic carbocycles. The first-order valence-electron chi connectivity index (χ1n) is 12.0. The molecule has 2 rings (SSSR count). The summed E-state index contributed by atoms with van der Waals surface area (Å²) in [6, 6.07) is 14.6. The summed E-state index contributed by atoms with van der Waals surface area (Å²) in [5.74, 6) is 0. The van der Waals surface area contributed by atoms with E-state index in [1.807, 2.05) is 0 Å². The first-order chi connectivity index (χ1) is 13.6. The molecule has 0 saturated carbocycles. The van der Waals surface area contributed by atoms with Crippen LogP contribution in [0.2, 0.25) is 0 Å². The molecule has 0 heterocycles. The van der Waals surface area contributed by atoms with Crippen molar-refractivity contribution in [2.75, 3.05) is 0 Å². The SMILES string of the molecule is CC(C)(C)c1cc(C(C)(C)C)cc(C(C)(C)c2ccc(C(C)(C)C)c(C(C)(C)C)c2)c1. The minimum atomic E-state index is -0.0718. The Kier molecular flexibility index (Phi) is 6.46. The number of rotatable bonds is 2. The smallest absolute Gasteiger partial charge is 0.0146 e. The van der Waals surface area contributed by atoms with Gasteiger partial charge in [-0.1, -0.05) is 133 Å². The molecule has 2 aromatic rings. The Bertz CT molecular complexity index is 894. The Morgan fingerprint density at radius 1 is 0.355 bits per heavy atom. The van der Waals surface area contributed by atoms with Crippen molar-refractivity contribution < 1.29 is 0 Å². The molecule has 0 aliphatic heterocycles. The van der Waals surface area contributed by atoms with E-state index in [1.54, 1.807) is 0 Å². The zero-order chi connectivity index (χ0) is 24.2. The van der Waals surface area contributed by atoms with E-state index in [-0.39, 0.29) is 27.1 Å². The molecule has 0 bridgehead atoms. The Morgan fingerprint density at radius 2 is 0.742 bits per heavy atom. The monoisotopic (exact) mass is 420 g/mol. The van der Waals surface area contributed by atoms with Crippen LogP contribution < -0.4 is 0 Å². The lowest BCUT2D eigenvalue weighted by Gasteiger charge is -2.35. The largest absolute Gasteiger partial charge is 0.0579 e. The van der Waals surface area contributed by atoms with E-state index in [4.69, 9.17) is 0 Å². The van der Waals surface area contributed by atoms with Crippen molar-refractivity contribution in [3.63, 3.8) is 0 Å². The lowest BCUT2D eigenvalue weighted by Crippen LogP contribution is -2.26. The highest BCUT2D eigenvalue weighted by Crippen LogP contribution is 2.41. The molecule has 0 fully saturated rings. The maximum absolute atomic E-state index is 2.49. The fourth-order valence-electron chi connectivity index (χ4n) is 4.23. The molecule has 0 atom stereocenters. The summed E-state index contributed by atoms with van der Waals surface area (Å²) in [4.78, 5) is 0. The Morgan fingerprint density at radius 3 is 1.10 bits per heavy atom. The molecule has 0 spiro atoms. The normalized spacial score (nSPS) is 14.1. The van der Waals surface area contributed by atoms with E-state index in [0.29, 0.717) is 0 Å². The zero-order valence-electron chi connectivity index (χ0n) is 23.0. The molecule has 172 valence electrons. The van der Waals surface area contributed by atoms with Gasteiger partial charge in [0, 0.05) is 5.41 Å². The van der Waals surface area contributed by atoms with Gasteiger partial charge in [0.1, 0.15) is 0 Å². The molecule has 0 heteroatoms. The molecule has 0 N–H and O–H groups in total. The summed E-state index contributed by atoms with van der Waals surface area (Å²) in [5, 5.41) is 0. The number of hydrogen-bond donors (Lipinski definition) is 0. The fourth-order valence-corrected chi connectivity index (χ4v) is 4.23. The van der Waals surface area contributed by atoms with Crippen molar-refractivity contribution in [2.24, 2.45) is 0 Å². The van der Waals surface area contributed by atoms with E-state index >= 15 is 0 Å². The van der Waals surface area contributed by atoms with Gasteiger partial charge in [-0.05, 0) is 55.0 Å². The van der Waals surface area contributed by atoms with Crippen LogP contribution in [-0.4, -0.2) is 0 Å². The highest BCUT2D eigenvalue weighted by atomic mass is 14.4. The van der Waals surface area contributed by atoms with E-state index in [0.717, 1.165) is 0 Å². The molecule has 0 aliphatic carbocycles. The molecular weight excluding hydrogens is 372 g/mol. The van der Waals surface area contributed by atoms with Crippen LogP contribution in [0, 0.1) is 0 Å². The van der Waals surface area contributed by atoms with E-state index in [1.165, 1.54) is 33.4 Å². The lowest BCUT2D eigenvalue weighted by atomic mass is 9.69. The van der Waals surface area contributed by atoms with Crippen LogP contribution in [-0.2, 0) is 27.1 Å². The van der Waals surface area contributed by atoms with Crippen LogP contribution in [0.3, 0.4) is 0 Å². The van der Waals surface area contributed by atoms with Gasteiger partial charge in [0.15, 0.2) is 0 Å². The molecule has 0 radical (unpaired) electrons. The average molecular weight is 421 g/mol. The van der Waals surface area contributed by atoms with Gasteiger partial charge in [0.05, 0.1) is 0 Å². The summed E-state index contributed by atoms with van der Waals surface area (Å²) < 4.78 is 0. The topological polar surface area (TPSA) is 0 Å². The van der Waals surface area contributed by atoms with Crippen LogP contribution in [0.25, 0.3) is 0 Å². The van der Waals surface area contributed by atoms with Gasteiger partial charge in [-0.2, -0.15) is 0 Å². The first-order valence-corrected chi connectivity index (χ1v) is 12.0. The average Bonchev–Trinajstić information content (AvgIpc) is 2.57. The molecule has 0 unspecified atom stereocenters. The molecule has 31 heavy (non-hydrogen) atoms. The number of hydrogen-bond acceptors (Lipinski definition) is 0. The van der Waals surface area contributed by atoms with E-state index in [2.05, 4.69) is 133 Å². The second-order valence-electron chi connectivity index (χ2n) is 14.2. The predicted octanol–water partition coefficient (Wildman–Crippen LogP) is 9.20. The summed E-state index contributed by atoms with van der Waals surface area (Å²) in [6.07, 6.45) is 0. The van der Waals surface area contributed by atoms with E-state index in [9.17, 15) is 0 Å². The summed E-state index contributed by atoms with van der Waals surface area (Å²) in [6.45, 7) is 32.7. The molecular formula is C31H48. The van der Waals surface area contributed by atoms with Gasteiger partial charge in [0.25, 0.3) is 0 Å². The summed E-state index contributed by atoms with van der Waals surface area (Å²) in [5.41, 5.74) is 9.00. The van der Waals surface area contributed by atoms with E-state index < -0.39 is 0 Å². The third-order valence-corrected chi connectivity index (χ3v) is 6.74. The Labute approximate surface area is 193 Å². The third kappa shape index (κ3) is 5.63. The predicted molar refractivity (Wildman–Crippen MR) is 140 cm³/mol. The molecule has 0 amide bonds. The molecule has 0 saturated heterocycles. The zero-order valence-corrected chi connectivity index (χ0v) is 23.0. The van der Waals surface area contributed by atoms with Gasteiger partial charge < -0.3 is 0 Å². The van der Waals surface area contributed by atoms with Crippen LogP contribution >= 0.6 is 0 Å².